The van der Waals surface area contributed by atoms with E-state index in [2.05, 4.69) is 35.7 Å². The van der Waals surface area contributed by atoms with Gasteiger partial charge in [-0.3, -0.25) is 4.99 Å². The molecule has 1 aromatic carbocycles. The van der Waals surface area contributed by atoms with Crippen LogP contribution < -0.4 is 4.43 Å². The molecule has 0 aliphatic carbocycles. The predicted molar refractivity (Wildman–Crippen MR) is 89.7 cm³/mol. The van der Waals surface area contributed by atoms with E-state index in [-0.39, 0.29) is 0 Å². The molecular formula is C16H23N3OSi. The first-order valence-electron chi connectivity index (χ1n) is 7.11. The largest absolute Gasteiger partial charge is 0.544 e. The van der Waals surface area contributed by atoms with Gasteiger partial charge in [-0.2, -0.15) is 0 Å². The minimum absolute atomic E-state index is 0.608. The Labute approximate surface area is 127 Å². The quantitative estimate of drug-likeness (QED) is 0.625. The number of hydrogen-bond donors (Lipinski definition) is 0. The van der Waals surface area contributed by atoms with E-state index in [1.54, 1.807) is 6.33 Å². The number of nitrogens with zero attached hydrogens (tertiary/aromatic N) is 3. The number of imidazole rings is 1. The predicted octanol–water partition coefficient (Wildman–Crippen LogP) is 3.56. The van der Waals surface area contributed by atoms with Crippen LogP contribution >= 0.6 is 0 Å². The van der Waals surface area contributed by atoms with Crippen molar-refractivity contribution in [3.8, 4) is 5.75 Å². The monoisotopic (exact) mass is 301 g/mol. The lowest BCUT2D eigenvalue weighted by atomic mass is 10.2. The molecular weight excluding hydrogens is 278 g/mol. The van der Waals surface area contributed by atoms with Crippen LogP contribution in [0.3, 0.4) is 0 Å². The Balaban J connectivity index is 2.11. The molecule has 0 radical (unpaired) electrons. The second kappa shape index (κ2) is 6.26. The summed E-state index contributed by atoms with van der Waals surface area (Å²) in [6, 6.07) is 8.12. The number of hydrogen-bond acceptors (Lipinski definition) is 3. The van der Waals surface area contributed by atoms with Gasteiger partial charge < -0.3 is 8.99 Å². The molecule has 0 fully saturated rings. The Morgan fingerprint density at radius 1 is 1.29 bits per heavy atom. The van der Waals surface area contributed by atoms with Gasteiger partial charge in [-0.25, -0.2) is 4.98 Å². The molecule has 0 saturated carbocycles. The van der Waals surface area contributed by atoms with Gasteiger partial charge in [-0.05, 0) is 32.6 Å². The van der Waals surface area contributed by atoms with Crippen LogP contribution in [0.4, 0.5) is 0 Å². The Bertz CT molecular complexity index is 641. The summed E-state index contributed by atoms with van der Waals surface area (Å²) in [5, 5.41) is 0. The van der Waals surface area contributed by atoms with Crippen molar-refractivity contribution in [1.82, 2.24) is 9.55 Å². The molecule has 0 amide bonds. The van der Waals surface area contributed by atoms with Crippen molar-refractivity contribution in [3.63, 3.8) is 0 Å². The highest BCUT2D eigenvalue weighted by molar-refractivity contribution is 6.70. The molecule has 5 heteroatoms. The summed E-state index contributed by atoms with van der Waals surface area (Å²) in [6.07, 6.45) is 3.64. The summed E-state index contributed by atoms with van der Waals surface area (Å²) in [5.74, 6) is 0.951. The first-order chi connectivity index (χ1) is 9.87. The lowest BCUT2D eigenvalue weighted by Crippen LogP contribution is -2.29. The molecule has 0 unspecified atom stereocenters. The van der Waals surface area contributed by atoms with Gasteiger partial charge in [0.25, 0.3) is 0 Å². The number of aromatic nitrogens is 2. The van der Waals surface area contributed by atoms with Crippen LogP contribution in [0.5, 0.6) is 5.75 Å². The second-order valence-electron chi connectivity index (χ2n) is 6.12. The fourth-order valence-corrected chi connectivity index (χ4v) is 2.79. The highest BCUT2D eigenvalue weighted by Gasteiger charge is 2.17. The van der Waals surface area contributed by atoms with Crippen molar-refractivity contribution in [3.05, 3.63) is 47.5 Å². The summed E-state index contributed by atoms with van der Waals surface area (Å²) in [5.41, 5.74) is 3.15. The molecule has 0 N–H and O–H groups in total. The Morgan fingerprint density at radius 2 is 2.00 bits per heavy atom. The molecule has 2 rings (SSSR count). The molecule has 1 aromatic heterocycles. The molecule has 112 valence electrons. The SMILES string of the molecule is Cc1c(C=NCc2ccccc2O[Si](C)(C)C)ncn1C. The zero-order chi connectivity index (χ0) is 15.5. The third-order valence-corrected chi connectivity index (χ3v) is 3.97. The zero-order valence-electron chi connectivity index (χ0n) is 13.4. The minimum atomic E-state index is -1.61. The third kappa shape index (κ3) is 4.29. The molecule has 0 saturated heterocycles. The van der Waals surface area contributed by atoms with E-state index >= 15 is 0 Å². The Hall–Kier alpha value is -1.88. The molecule has 1 heterocycles. The van der Waals surface area contributed by atoms with Crippen molar-refractivity contribution in [2.75, 3.05) is 0 Å². The van der Waals surface area contributed by atoms with E-state index in [0.29, 0.717) is 6.54 Å². The standard InChI is InChI=1S/C16H23N3OSi/c1-13-15(18-12-19(13)2)11-17-10-14-8-6-7-9-16(14)20-21(3,4)5/h6-9,11-12H,10H2,1-5H3. The van der Waals surface area contributed by atoms with E-state index in [1.165, 1.54) is 0 Å². The maximum Gasteiger partial charge on any atom is 0.242 e. The van der Waals surface area contributed by atoms with Crippen molar-refractivity contribution < 1.29 is 4.43 Å². The van der Waals surface area contributed by atoms with Crippen molar-refractivity contribution in [2.45, 2.75) is 33.1 Å². The molecule has 0 atom stereocenters. The Morgan fingerprint density at radius 3 is 2.62 bits per heavy atom. The van der Waals surface area contributed by atoms with Crippen LogP contribution in [0.1, 0.15) is 17.0 Å². The summed E-state index contributed by atoms with van der Waals surface area (Å²) in [4.78, 5) is 8.83. The van der Waals surface area contributed by atoms with Crippen LogP contribution in [-0.4, -0.2) is 24.1 Å². The Kier molecular flexibility index (Phi) is 4.62. The number of rotatable bonds is 5. The van der Waals surface area contributed by atoms with Gasteiger partial charge in [0, 0.05) is 24.5 Å². The van der Waals surface area contributed by atoms with E-state index < -0.39 is 8.32 Å². The molecule has 2 aromatic rings. The normalized spacial score (nSPS) is 12.0. The van der Waals surface area contributed by atoms with Crippen LogP contribution in [0.15, 0.2) is 35.6 Å². The maximum absolute atomic E-state index is 6.11. The molecule has 0 aliphatic rings. The smallest absolute Gasteiger partial charge is 0.242 e. The van der Waals surface area contributed by atoms with Gasteiger partial charge in [0.2, 0.25) is 8.32 Å². The van der Waals surface area contributed by atoms with Gasteiger partial charge in [0.1, 0.15) is 11.4 Å². The van der Waals surface area contributed by atoms with Gasteiger partial charge in [-0.1, -0.05) is 18.2 Å². The van der Waals surface area contributed by atoms with Crippen LogP contribution in [0.2, 0.25) is 19.6 Å². The van der Waals surface area contributed by atoms with Crippen LogP contribution in [-0.2, 0) is 13.6 Å². The van der Waals surface area contributed by atoms with E-state index in [1.807, 2.05) is 43.0 Å². The number of para-hydroxylation sites is 1. The zero-order valence-corrected chi connectivity index (χ0v) is 14.4. The van der Waals surface area contributed by atoms with Gasteiger partial charge in [0.15, 0.2) is 0 Å². The van der Waals surface area contributed by atoms with Crippen LogP contribution in [0.25, 0.3) is 0 Å². The molecule has 0 spiro atoms. The van der Waals surface area contributed by atoms with E-state index in [9.17, 15) is 0 Å². The lowest BCUT2D eigenvalue weighted by molar-refractivity contribution is 0.549. The topological polar surface area (TPSA) is 39.4 Å². The highest BCUT2D eigenvalue weighted by atomic mass is 28.4. The fraction of sp³-hybridized carbons (Fsp3) is 0.375. The first kappa shape index (κ1) is 15.5. The average molecular weight is 301 g/mol. The van der Waals surface area contributed by atoms with Gasteiger partial charge in [-0.15, -0.1) is 0 Å². The highest BCUT2D eigenvalue weighted by Crippen LogP contribution is 2.22. The first-order valence-corrected chi connectivity index (χ1v) is 10.5. The molecule has 0 bridgehead atoms. The van der Waals surface area contributed by atoms with Gasteiger partial charge >= 0.3 is 0 Å². The average Bonchev–Trinajstić information content (AvgIpc) is 2.71. The summed E-state index contributed by atoms with van der Waals surface area (Å²) < 4.78 is 8.10. The van der Waals surface area contributed by atoms with E-state index in [4.69, 9.17) is 4.43 Å². The van der Waals surface area contributed by atoms with Crippen LogP contribution in [0, 0.1) is 6.92 Å². The summed E-state index contributed by atoms with van der Waals surface area (Å²) >= 11 is 0. The van der Waals surface area contributed by atoms with Crippen molar-refractivity contribution in [1.29, 1.82) is 0 Å². The molecule has 4 nitrogen and oxygen atoms in total. The summed E-state index contributed by atoms with van der Waals surface area (Å²) in [7, 11) is 0.377. The molecule has 0 aliphatic heterocycles. The lowest BCUT2D eigenvalue weighted by Gasteiger charge is -2.21. The number of benzene rings is 1. The third-order valence-electron chi connectivity index (χ3n) is 3.13. The van der Waals surface area contributed by atoms with Gasteiger partial charge in [0.05, 0.1) is 12.9 Å². The minimum Gasteiger partial charge on any atom is -0.544 e. The van der Waals surface area contributed by atoms with Crippen molar-refractivity contribution in [2.24, 2.45) is 12.0 Å². The van der Waals surface area contributed by atoms with Crippen molar-refractivity contribution >= 4 is 14.5 Å². The van der Waals surface area contributed by atoms with E-state index in [0.717, 1.165) is 22.7 Å². The molecule has 21 heavy (non-hydrogen) atoms. The second-order valence-corrected chi connectivity index (χ2v) is 10.5. The fourth-order valence-electron chi connectivity index (χ4n) is 1.93. The number of aliphatic imine (C=N–C) groups is 1. The summed E-state index contributed by atoms with van der Waals surface area (Å²) in [6.45, 7) is 9.20. The maximum atomic E-state index is 6.11. The number of aryl methyl sites for hydroxylation is 1.